The fourth-order valence-corrected chi connectivity index (χ4v) is 2.51. The summed E-state index contributed by atoms with van der Waals surface area (Å²) in [5.74, 6) is 0.419. The highest BCUT2D eigenvalue weighted by molar-refractivity contribution is 9.10. The Morgan fingerprint density at radius 3 is 2.92 bits per heavy atom. The van der Waals surface area contributed by atoms with Gasteiger partial charge in [0, 0.05) is 9.37 Å². The highest BCUT2D eigenvalue weighted by Gasteiger charge is 2.03. The van der Waals surface area contributed by atoms with Gasteiger partial charge in [-0.3, -0.25) is 0 Å². The van der Waals surface area contributed by atoms with E-state index in [0.717, 1.165) is 9.37 Å². The number of hydrogen-bond acceptors (Lipinski definition) is 2. The molecular formula is C8H5BrClNS. The summed E-state index contributed by atoms with van der Waals surface area (Å²) in [6.45, 7) is 0. The summed E-state index contributed by atoms with van der Waals surface area (Å²) >= 11 is 10.7. The summed E-state index contributed by atoms with van der Waals surface area (Å²) in [5.41, 5.74) is 0. The third-order valence-electron chi connectivity index (χ3n) is 1.20. The van der Waals surface area contributed by atoms with Crippen molar-refractivity contribution in [3.8, 4) is 6.07 Å². The number of halogens is 2. The van der Waals surface area contributed by atoms with Crippen molar-refractivity contribution in [2.24, 2.45) is 0 Å². The van der Waals surface area contributed by atoms with Crippen LogP contribution in [0.25, 0.3) is 0 Å². The Labute approximate surface area is 88.8 Å². The van der Waals surface area contributed by atoms with E-state index in [1.165, 1.54) is 11.8 Å². The highest BCUT2D eigenvalue weighted by atomic mass is 79.9. The van der Waals surface area contributed by atoms with E-state index >= 15 is 0 Å². The first-order valence-corrected chi connectivity index (χ1v) is 5.35. The third kappa shape index (κ3) is 2.41. The van der Waals surface area contributed by atoms with Crippen molar-refractivity contribution < 1.29 is 0 Å². The molecule has 62 valence electrons. The maximum atomic E-state index is 8.38. The summed E-state index contributed by atoms with van der Waals surface area (Å²) in [6.07, 6.45) is 0. The van der Waals surface area contributed by atoms with Gasteiger partial charge in [0.05, 0.1) is 16.8 Å². The first kappa shape index (κ1) is 9.91. The smallest absolute Gasteiger partial charge is 0.0856 e. The van der Waals surface area contributed by atoms with Crippen LogP contribution in [0, 0.1) is 11.3 Å². The van der Waals surface area contributed by atoms with E-state index in [0.29, 0.717) is 10.8 Å². The molecule has 1 aromatic rings. The van der Waals surface area contributed by atoms with Crippen LogP contribution in [0.1, 0.15) is 0 Å². The van der Waals surface area contributed by atoms with E-state index in [1.807, 2.05) is 18.2 Å². The number of benzene rings is 1. The molecule has 1 rings (SSSR count). The summed E-state index contributed by atoms with van der Waals surface area (Å²) in [5, 5.41) is 9.06. The van der Waals surface area contributed by atoms with E-state index < -0.39 is 0 Å². The number of nitriles is 1. The number of nitrogens with zero attached hydrogens (tertiary/aromatic N) is 1. The van der Waals surface area contributed by atoms with E-state index in [9.17, 15) is 0 Å². The monoisotopic (exact) mass is 261 g/mol. The van der Waals surface area contributed by atoms with Crippen molar-refractivity contribution in [1.82, 2.24) is 0 Å². The van der Waals surface area contributed by atoms with Gasteiger partial charge < -0.3 is 0 Å². The SMILES string of the molecule is N#CCSc1c(Cl)cccc1Br. The van der Waals surface area contributed by atoms with Gasteiger partial charge in [0.25, 0.3) is 0 Å². The lowest BCUT2D eigenvalue weighted by atomic mass is 10.4. The van der Waals surface area contributed by atoms with Crippen LogP contribution in [0.15, 0.2) is 27.6 Å². The van der Waals surface area contributed by atoms with E-state index in [1.54, 1.807) is 0 Å². The molecule has 0 aliphatic rings. The molecule has 0 aliphatic carbocycles. The van der Waals surface area contributed by atoms with Gasteiger partial charge in [0.15, 0.2) is 0 Å². The minimum Gasteiger partial charge on any atom is -0.197 e. The van der Waals surface area contributed by atoms with Gasteiger partial charge >= 0.3 is 0 Å². The molecule has 0 atom stereocenters. The number of hydrogen-bond donors (Lipinski definition) is 0. The Morgan fingerprint density at radius 2 is 2.33 bits per heavy atom. The van der Waals surface area contributed by atoms with Gasteiger partial charge in [0.2, 0.25) is 0 Å². The quantitative estimate of drug-likeness (QED) is 0.759. The Morgan fingerprint density at radius 1 is 1.58 bits per heavy atom. The predicted molar refractivity (Wildman–Crippen MR) is 55.5 cm³/mol. The summed E-state index contributed by atoms with van der Waals surface area (Å²) in [6, 6.07) is 7.64. The Hall–Kier alpha value is -0.170. The molecule has 0 amide bonds. The molecule has 0 saturated heterocycles. The molecule has 0 unspecified atom stereocenters. The van der Waals surface area contributed by atoms with Crippen molar-refractivity contribution in [3.05, 3.63) is 27.7 Å². The van der Waals surface area contributed by atoms with Crippen molar-refractivity contribution >= 4 is 39.3 Å². The molecule has 0 N–H and O–H groups in total. The van der Waals surface area contributed by atoms with Crippen molar-refractivity contribution in [2.75, 3.05) is 5.75 Å². The lowest BCUT2D eigenvalue weighted by Gasteiger charge is -2.02. The summed E-state index contributed by atoms with van der Waals surface area (Å²) in [4.78, 5) is 0.931. The Balaban J connectivity index is 2.90. The van der Waals surface area contributed by atoms with Gasteiger partial charge in [-0.2, -0.15) is 5.26 Å². The third-order valence-corrected chi connectivity index (χ3v) is 3.55. The average Bonchev–Trinajstić information content (AvgIpc) is 2.04. The first-order chi connectivity index (χ1) is 5.75. The second-order valence-electron chi connectivity index (χ2n) is 2.00. The van der Waals surface area contributed by atoms with Crippen LogP contribution >= 0.6 is 39.3 Å². The van der Waals surface area contributed by atoms with Gasteiger partial charge in [-0.05, 0) is 28.1 Å². The van der Waals surface area contributed by atoms with Crippen molar-refractivity contribution in [2.45, 2.75) is 4.90 Å². The topological polar surface area (TPSA) is 23.8 Å². The van der Waals surface area contributed by atoms with Crippen molar-refractivity contribution in [1.29, 1.82) is 5.26 Å². The highest BCUT2D eigenvalue weighted by Crippen LogP contribution is 2.33. The Kier molecular flexibility index (Phi) is 3.93. The van der Waals surface area contributed by atoms with Gasteiger partial charge in [-0.25, -0.2) is 0 Å². The fraction of sp³-hybridized carbons (Fsp3) is 0.125. The molecule has 0 radical (unpaired) electrons. The molecule has 0 bridgehead atoms. The standard InChI is InChI=1S/C8H5BrClNS/c9-6-2-1-3-7(10)8(6)12-5-4-11/h1-3H,5H2. The van der Waals surface area contributed by atoms with Crippen LogP contribution < -0.4 is 0 Å². The zero-order chi connectivity index (χ0) is 8.97. The lowest BCUT2D eigenvalue weighted by Crippen LogP contribution is -1.78. The zero-order valence-electron chi connectivity index (χ0n) is 6.05. The van der Waals surface area contributed by atoms with Crippen LogP contribution in [-0.4, -0.2) is 5.75 Å². The number of thioether (sulfide) groups is 1. The van der Waals surface area contributed by atoms with Gasteiger partial charge in [-0.15, -0.1) is 11.8 Å². The van der Waals surface area contributed by atoms with E-state index in [-0.39, 0.29) is 0 Å². The molecule has 0 fully saturated rings. The molecule has 12 heavy (non-hydrogen) atoms. The summed E-state index contributed by atoms with van der Waals surface area (Å²) < 4.78 is 0.940. The molecule has 0 aromatic heterocycles. The molecule has 0 aliphatic heterocycles. The maximum absolute atomic E-state index is 8.38. The minimum atomic E-state index is 0.419. The molecule has 0 spiro atoms. The molecule has 1 nitrogen and oxygen atoms in total. The first-order valence-electron chi connectivity index (χ1n) is 3.19. The zero-order valence-corrected chi connectivity index (χ0v) is 9.21. The van der Waals surface area contributed by atoms with Gasteiger partial charge in [-0.1, -0.05) is 17.7 Å². The minimum absolute atomic E-state index is 0.419. The van der Waals surface area contributed by atoms with Crippen LogP contribution in [-0.2, 0) is 0 Å². The fourth-order valence-electron chi connectivity index (χ4n) is 0.725. The van der Waals surface area contributed by atoms with E-state index in [4.69, 9.17) is 16.9 Å². The molecule has 0 saturated carbocycles. The molecule has 4 heteroatoms. The normalized spacial score (nSPS) is 9.42. The van der Waals surface area contributed by atoms with Gasteiger partial charge in [0.1, 0.15) is 0 Å². The lowest BCUT2D eigenvalue weighted by molar-refractivity contribution is 1.40. The molecule has 0 heterocycles. The predicted octanol–water partition coefficient (Wildman–Crippen LogP) is 3.72. The van der Waals surface area contributed by atoms with Crippen molar-refractivity contribution in [3.63, 3.8) is 0 Å². The number of rotatable bonds is 2. The van der Waals surface area contributed by atoms with Crippen LogP contribution in [0.4, 0.5) is 0 Å². The largest absolute Gasteiger partial charge is 0.197 e. The molecular weight excluding hydrogens is 258 g/mol. The maximum Gasteiger partial charge on any atom is 0.0856 e. The van der Waals surface area contributed by atoms with Crippen LogP contribution in [0.3, 0.4) is 0 Å². The van der Waals surface area contributed by atoms with Crippen LogP contribution in [0.2, 0.25) is 5.02 Å². The second-order valence-corrected chi connectivity index (χ2v) is 4.24. The van der Waals surface area contributed by atoms with E-state index in [2.05, 4.69) is 22.0 Å². The summed E-state index contributed by atoms with van der Waals surface area (Å²) in [7, 11) is 0. The second kappa shape index (κ2) is 4.76. The molecule has 1 aromatic carbocycles. The average molecular weight is 263 g/mol. The Bertz CT molecular complexity index is 301. The van der Waals surface area contributed by atoms with Crippen LogP contribution in [0.5, 0.6) is 0 Å².